The van der Waals surface area contributed by atoms with Crippen LogP contribution in [0.15, 0.2) is 65.2 Å². The molecule has 1 aromatic heterocycles. The van der Waals surface area contributed by atoms with Crippen molar-refractivity contribution in [2.45, 2.75) is 6.54 Å². The first-order chi connectivity index (χ1) is 14.6. The summed E-state index contributed by atoms with van der Waals surface area (Å²) in [5, 5.41) is 6.13. The van der Waals surface area contributed by atoms with Crippen LogP contribution in [0.2, 0.25) is 0 Å². The van der Waals surface area contributed by atoms with E-state index in [1.165, 1.54) is 0 Å². The first kappa shape index (κ1) is 19.4. The molecule has 3 aromatic carbocycles. The fraction of sp³-hybridized carbons (Fsp3) is 0.174. The fourth-order valence-electron chi connectivity index (χ4n) is 3.23. The smallest absolute Gasteiger partial charge is 0.254 e. The Kier molecular flexibility index (Phi) is 5.34. The lowest BCUT2D eigenvalue weighted by Crippen LogP contribution is -2.26. The minimum absolute atomic E-state index is 0.119. The van der Waals surface area contributed by atoms with Gasteiger partial charge in [0.1, 0.15) is 0 Å². The van der Waals surface area contributed by atoms with Gasteiger partial charge in [0.15, 0.2) is 11.5 Å². The zero-order chi connectivity index (χ0) is 21.1. The summed E-state index contributed by atoms with van der Waals surface area (Å²) in [5.41, 5.74) is 1.34. The van der Waals surface area contributed by atoms with Crippen molar-refractivity contribution in [2.75, 3.05) is 21.3 Å². The van der Waals surface area contributed by atoms with Gasteiger partial charge in [-0.05, 0) is 41.1 Å². The van der Waals surface area contributed by atoms with E-state index in [-0.39, 0.29) is 12.5 Å². The van der Waals surface area contributed by atoms with Crippen LogP contribution in [-0.4, -0.2) is 42.2 Å². The molecule has 0 aliphatic carbocycles. The molecule has 30 heavy (non-hydrogen) atoms. The second-order valence-electron chi connectivity index (χ2n) is 6.80. The van der Waals surface area contributed by atoms with E-state index in [1.807, 2.05) is 48.5 Å². The van der Waals surface area contributed by atoms with E-state index >= 15 is 0 Å². The summed E-state index contributed by atoms with van der Waals surface area (Å²) in [4.78, 5) is 18.8. The third-order valence-corrected chi connectivity index (χ3v) is 4.83. The molecule has 152 valence electrons. The summed E-state index contributed by atoms with van der Waals surface area (Å²) in [6.07, 6.45) is 0. The van der Waals surface area contributed by atoms with Crippen molar-refractivity contribution >= 4 is 16.7 Å². The largest absolute Gasteiger partial charge is 0.493 e. The van der Waals surface area contributed by atoms with Gasteiger partial charge < -0.3 is 18.9 Å². The highest BCUT2D eigenvalue weighted by atomic mass is 16.5. The van der Waals surface area contributed by atoms with Crippen LogP contribution in [0.4, 0.5) is 0 Å². The quantitative estimate of drug-likeness (QED) is 0.481. The van der Waals surface area contributed by atoms with E-state index in [0.717, 1.165) is 16.3 Å². The van der Waals surface area contributed by atoms with E-state index in [4.69, 9.17) is 14.0 Å². The summed E-state index contributed by atoms with van der Waals surface area (Å²) >= 11 is 0. The molecular formula is C23H21N3O4. The third kappa shape index (κ3) is 3.82. The number of amides is 1. The topological polar surface area (TPSA) is 77.7 Å². The van der Waals surface area contributed by atoms with Gasteiger partial charge >= 0.3 is 0 Å². The molecule has 0 aliphatic rings. The van der Waals surface area contributed by atoms with Gasteiger partial charge in [0.05, 0.1) is 20.8 Å². The molecule has 4 aromatic rings. The Hall–Kier alpha value is -3.87. The molecule has 0 atom stereocenters. The average Bonchev–Trinajstić information content (AvgIpc) is 3.26. The number of hydrogen-bond acceptors (Lipinski definition) is 6. The highest BCUT2D eigenvalue weighted by Crippen LogP contribution is 2.31. The number of carbonyl (C=O) groups is 1. The molecule has 1 amide bonds. The predicted octanol–water partition coefficient (Wildman–Crippen LogP) is 4.18. The van der Waals surface area contributed by atoms with Crippen molar-refractivity contribution in [3.63, 3.8) is 0 Å². The maximum absolute atomic E-state index is 12.8. The lowest BCUT2D eigenvalue weighted by Gasteiger charge is -2.15. The minimum atomic E-state index is -0.119. The van der Waals surface area contributed by atoms with E-state index in [1.54, 1.807) is 38.3 Å². The molecule has 0 aliphatic heterocycles. The highest BCUT2D eigenvalue weighted by Gasteiger charge is 2.17. The first-order valence-electron chi connectivity index (χ1n) is 9.38. The normalized spacial score (nSPS) is 10.8. The Labute approximate surface area is 173 Å². The Balaban J connectivity index is 1.50. The van der Waals surface area contributed by atoms with Gasteiger partial charge in [-0.15, -0.1) is 0 Å². The lowest BCUT2D eigenvalue weighted by atomic mass is 10.1. The van der Waals surface area contributed by atoms with Crippen molar-refractivity contribution in [1.82, 2.24) is 15.0 Å². The Bertz CT molecular complexity index is 1200. The molecule has 0 fully saturated rings. The molecule has 0 saturated heterocycles. The summed E-state index contributed by atoms with van der Waals surface area (Å²) in [5.74, 6) is 1.83. The number of aromatic nitrogens is 2. The summed E-state index contributed by atoms with van der Waals surface area (Å²) < 4.78 is 15.9. The van der Waals surface area contributed by atoms with E-state index < -0.39 is 0 Å². The molecule has 1 heterocycles. The number of carbonyl (C=O) groups excluding carboxylic acids is 1. The van der Waals surface area contributed by atoms with Crippen molar-refractivity contribution in [3.8, 4) is 22.9 Å². The van der Waals surface area contributed by atoms with Crippen molar-refractivity contribution in [1.29, 1.82) is 0 Å². The molecular weight excluding hydrogens is 382 g/mol. The summed E-state index contributed by atoms with van der Waals surface area (Å²) in [6.45, 7) is 0.200. The molecule has 4 rings (SSSR count). The molecule has 0 bridgehead atoms. The summed E-state index contributed by atoms with van der Waals surface area (Å²) in [7, 11) is 4.85. The number of nitrogens with zero attached hydrogens (tertiary/aromatic N) is 3. The van der Waals surface area contributed by atoms with Crippen LogP contribution in [0.5, 0.6) is 11.5 Å². The van der Waals surface area contributed by atoms with Crippen LogP contribution in [0.25, 0.3) is 22.2 Å². The zero-order valence-electron chi connectivity index (χ0n) is 17.0. The van der Waals surface area contributed by atoms with Crippen LogP contribution >= 0.6 is 0 Å². The van der Waals surface area contributed by atoms with Gasteiger partial charge in [-0.2, -0.15) is 4.98 Å². The Morgan fingerprint density at radius 3 is 2.50 bits per heavy atom. The number of methoxy groups -OCH3 is 2. The van der Waals surface area contributed by atoms with Crippen LogP contribution in [0, 0.1) is 0 Å². The molecule has 0 radical (unpaired) electrons. The second kappa shape index (κ2) is 8.24. The zero-order valence-corrected chi connectivity index (χ0v) is 17.0. The van der Waals surface area contributed by atoms with Crippen LogP contribution in [-0.2, 0) is 6.54 Å². The highest BCUT2D eigenvalue weighted by molar-refractivity contribution is 5.98. The van der Waals surface area contributed by atoms with Crippen molar-refractivity contribution < 1.29 is 18.8 Å². The molecule has 0 N–H and O–H groups in total. The van der Waals surface area contributed by atoms with Crippen LogP contribution in [0.1, 0.15) is 16.2 Å². The van der Waals surface area contributed by atoms with Gasteiger partial charge in [-0.3, -0.25) is 4.79 Å². The Morgan fingerprint density at radius 1 is 0.967 bits per heavy atom. The first-order valence-corrected chi connectivity index (χ1v) is 9.38. The van der Waals surface area contributed by atoms with E-state index in [0.29, 0.717) is 28.8 Å². The number of benzene rings is 3. The van der Waals surface area contributed by atoms with Gasteiger partial charge in [0.25, 0.3) is 5.91 Å². The summed E-state index contributed by atoms with van der Waals surface area (Å²) in [6, 6.07) is 19.0. The predicted molar refractivity (Wildman–Crippen MR) is 113 cm³/mol. The van der Waals surface area contributed by atoms with E-state index in [9.17, 15) is 4.79 Å². The molecule has 0 saturated carbocycles. The van der Waals surface area contributed by atoms with Gasteiger partial charge in [-0.1, -0.05) is 35.5 Å². The van der Waals surface area contributed by atoms with Crippen LogP contribution in [0.3, 0.4) is 0 Å². The lowest BCUT2D eigenvalue weighted by molar-refractivity contribution is 0.0769. The standard InChI is InChI=1S/C23H21N3O4/c1-26(23(27)18-9-8-15-6-4-5-7-16(15)12-18)14-21-24-22(25-30-21)17-10-11-19(28-2)20(13-17)29-3/h4-13H,14H2,1-3H3. The van der Waals surface area contributed by atoms with E-state index in [2.05, 4.69) is 10.1 Å². The number of fused-ring (bicyclic) bond motifs is 1. The maximum Gasteiger partial charge on any atom is 0.254 e. The molecule has 7 nitrogen and oxygen atoms in total. The third-order valence-electron chi connectivity index (χ3n) is 4.83. The fourth-order valence-corrected chi connectivity index (χ4v) is 3.23. The van der Waals surface area contributed by atoms with Gasteiger partial charge in [0, 0.05) is 18.2 Å². The van der Waals surface area contributed by atoms with Crippen molar-refractivity contribution in [2.24, 2.45) is 0 Å². The molecule has 0 unspecified atom stereocenters. The maximum atomic E-state index is 12.8. The number of ether oxygens (including phenoxy) is 2. The molecule has 0 spiro atoms. The Morgan fingerprint density at radius 2 is 1.73 bits per heavy atom. The average molecular weight is 403 g/mol. The second-order valence-corrected chi connectivity index (χ2v) is 6.80. The van der Waals surface area contributed by atoms with Crippen LogP contribution < -0.4 is 9.47 Å². The molecule has 7 heteroatoms. The van der Waals surface area contributed by atoms with Gasteiger partial charge in [0.2, 0.25) is 11.7 Å². The monoisotopic (exact) mass is 403 g/mol. The van der Waals surface area contributed by atoms with Crippen molar-refractivity contribution in [3.05, 3.63) is 72.1 Å². The number of hydrogen-bond donors (Lipinski definition) is 0. The number of rotatable bonds is 6. The van der Waals surface area contributed by atoms with Gasteiger partial charge in [-0.25, -0.2) is 0 Å². The SMILES string of the molecule is COc1ccc(-c2noc(CN(C)C(=O)c3ccc4ccccc4c3)n2)cc1OC. The minimum Gasteiger partial charge on any atom is -0.493 e.